The first kappa shape index (κ1) is 14.5. The lowest BCUT2D eigenvalue weighted by atomic mass is 10.1. The van der Waals surface area contributed by atoms with Gasteiger partial charge in [-0.15, -0.1) is 0 Å². The van der Waals surface area contributed by atoms with Crippen LogP contribution in [0.4, 0.5) is 11.4 Å². The second-order valence-corrected chi connectivity index (χ2v) is 6.53. The van der Waals surface area contributed by atoms with E-state index in [9.17, 15) is 0 Å². The summed E-state index contributed by atoms with van der Waals surface area (Å²) in [4.78, 5) is 7.21. The summed E-state index contributed by atoms with van der Waals surface area (Å²) in [6.45, 7) is 8.61. The molecule has 1 N–H and O–H groups in total. The van der Waals surface area contributed by atoms with Gasteiger partial charge in [0.2, 0.25) is 0 Å². The number of hydrogen-bond donors (Lipinski definition) is 1. The van der Waals surface area contributed by atoms with Crippen LogP contribution in [0.5, 0.6) is 0 Å². The largest absolute Gasteiger partial charge is 0.369 e. The second-order valence-electron chi connectivity index (χ2n) is 6.53. The first-order valence-electron chi connectivity index (χ1n) is 8.42. The van der Waals surface area contributed by atoms with Gasteiger partial charge in [-0.2, -0.15) is 5.10 Å². The summed E-state index contributed by atoms with van der Waals surface area (Å²) >= 11 is 0. The highest BCUT2D eigenvalue weighted by Crippen LogP contribution is 2.30. The molecule has 1 aromatic heterocycles. The Hall–Kier alpha value is -2.14. The van der Waals surface area contributed by atoms with Crippen LogP contribution in [0.15, 0.2) is 35.5 Å². The summed E-state index contributed by atoms with van der Waals surface area (Å²) in [7, 11) is 0. The number of fused-ring (bicyclic) bond motifs is 1. The molecule has 2 aromatic rings. The zero-order valence-corrected chi connectivity index (χ0v) is 13.8. The summed E-state index contributed by atoms with van der Waals surface area (Å²) in [5, 5.41) is 7.83. The van der Waals surface area contributed by atoms with E-state index < -0.39 is 0 Å². The Labute approximate surface area is 137 Å². The highest BCUT2D eigenvalue weighted by Gasteiger charge is 2.22. The van der Waals surface area contributed by atoms with Crippen LogP contribution in [-0.2, 0) is 6.42 Å². The van der Waals surface area contributed by atoms with Gasteiger partial charge < -0.3 is 10.2 Å². The van der Waals surface area contributed by atoms with E-state index in [1.807, 2.05) is 6.20 Å². The number of aliphatic imine (C=N–C) groups is 1. The van der Waals surface area contributed by atoms with Crippen molar-refractivity contribution < 1.29 is 0 Å². The van der Waals surface area contributed by atoms with Crippen LogP contribution in [0.25, 0.3) is 0 Å². The van der Waals surface area contributed by atoms with Crippen molar-refractivity contribution in [3.8, 4) is 0 Å². The lowest BCUT2D eigenvalue weighted by Crippen LogP contribution is -2.43. The summed E-state index contributed by atoms with van der Waals surface area (Å²) in [6, 6.07) is 9.23. The van der Waals surface area contributed by atoms with Crippen molar-refractivity contribution in [1.29, 1.82) is 0 Å². The van der Waals surface area contributed by atoms with Gasteiger partial charge in [0.15, 0.2) is 0 Å². The second kappa shape index (κ2) is 5.81. The molecular formula is C18H23N5. The molecule has 4 rings (SSSR count). The fourth-order valence-corrected chi connectivity index (χ4v) is 3.39. The van der Waals surface area contributed by atoms with Crippen LogP contribution in [0, 0.1) is 0 Å². The molecule has 0 amide bonds. The molecule has 0 bridgehead atoms. The fourth-order valence-electron chi connectivity index (χ4n) is 3.39. The molecule has 5 heteroatoms. The predicted molar refractivity (Wildman–Crippen MR) is 94.0 cm³/mol. The maximum absolute atomic E-state index is 4.78. The van der Waals surface area contributed by atoms with Crippen molar-refractivity contribution in [3.05, 3.63) is 41.7 Å². The molecule has 2 aliphatic rings. The Morgan fingerprint density at radius 1 is 1.09 bits per heavy atom. The number of benzene rings is 1. The highest BCUT2D eigenvalue weighted by atomic mass is 15.3. The first-order valence-corrected chi connectivity index (χ1v) is 8.42. The van der Waals surface area contributed by atoms with Crippen LogP contribution in [-0.4, -0.2) is 41.7 Å². The van der Waals surface area contributed by atoms with E-state index in [1.54, 1.807) is 0 Å². The van der Waals surface area contributed by atoms with Gasteiger partial charge in [-0.3, -0.25) is 4.68 Å². The van der Waals surface area contributed by atoms with Crippen molar-refractivity contribution in [2.24, 2.45) is 4.99 Å². The third-order valence-corrected chi connectivity index (χ3v) is 4.64. The molecule has 23 heavy (non-hydrogen) atoms. The molecule has 1 fully saturated rings. The number of nitrogens with zero attached hydrogens (tertiary/aromatic N) is 4. The fraction of sp³-hybridized carbons (Fsp3) is 0.444. The van der Waals surface area contributed by atoms with Crippen molar-refractivity contribution in [3.63, 3.8) is 0 Å². The number of piperazine rings is 1. The van der Waals surface area contributed by atoms with Gasteiger partial charge in [0.25, 0.3) is 0 Å². The molecule has 3 heterocycles. The maximum atomic E-state index is 4.78. The zero-order valence-electron chi connectivity index (χ0n) is 13.8. The van der Waals surface area contributed by atoms with Crippen molar-refractivity contribution in [2.45, 2.75) is 26.3 Å². The van der Waals surface area contributed by atoms with E-state index in [4.69, 9.17) is 4.99 Å². The monoisotopic (exact) mass is 309 g/mol. The third kappa shape index (κ3) is 2.65. The molecular weight excluding hydrogens is 286 g/mol. The molecule has 0 unspecified atom stereocenters. The van der Waals surface area contributed by atoms with Crippen molar-refractivity contribution >= 4 is 17.1 Å². The topological polar surface area (TPSA) is 45.5 Å². The molecule has 0 radical (unpaired) electrons. The number of nitrogens with one attached hydrogen (secondary N) is 1. The SMILES string of the molecule is CC(C)n1ncc2c1CC(c1ccc(N3CCNCC3)cc1)=N2. The van der Waals surface area contributed by atoms with Gasteiger partial charge in [0.05, 0.1) is 17.6 Å². The van der Waals surface area contributed by atoms with Gasteiger partial charge in [0.1, 0.15) is 5.69 Å². The van der Waals surface area contributed by atoms with Gasteiger partial charge in [-0.1, -0.05) is 12.1 Å². The zero-order chi connectivity index (χ0) is 15.8. The molecule has 0 spiro atoms. The molecule has 1 aromatic carbocycles. The minimum Gasteiger partial charge on any atom is -0.369 e. The van der Waals surface area contributed by atoms with Crippen molar-refractivity contribution in [1.82, 2.24) is 15.1 Å². The highest BCUT2D eigenvalue weighted by molar-refractivity contribution is 6.06. The Morgan fingerprint density at radius 2 is 1.83 bits per heavy atom. The number of rotatable bonds is 3. The van der Waals surface area contributed by atoms with Gasteiger partial charge in [-0.25, -0.2) is 4.99 Å². The van der Waals surface area contributed by atoms with E-state index in [2.05, 4.69) is 58.1 Å². The summed E-state index contributed by atoms with van der Waals surface area (Å²) in [5.41, 5.74) is 5.94. The van der Waals surface area contributed by atoms with Crippen LogP contribution in [0.1, 0.15) is 31.1 Å². The minimum absolute atomic E-state index is 0.378. The average molecular weight is 309 g/mol. The first-order chi connectivity index (χ1) is 11.2. The predicted octanol–water partition coefficient (Wildman–Crippen LogP) is 2.55. The third-order valence-electron chi connectivity index (χ3n) is 4.64. The number of anilines is 1. The van der Waals surface area contributed by atoms with Crippen molar-refractivity contribution in [2.75, 3.05) is 31.1 Å². The maximum Gasteiger partial charge on any atom is 0.105 e. The van der Waals surface area contributed by atoms with E-state index in [-0.39, 0.29) is 0 Å². The summed E-state index contributed by atoms with van der Waals surface area (Å²) < 4.78 is 2.08. The minimum atomic E-state index is 0.378. The Balaban J connectivity index is 1.53. The van der Waals surface area contributed by atoms with Gasteiger partial charge >= 0.3 is 0 Å². The van der Waals surface area contributed by atoms with Crippen LogP contribution >= 0.6 is 0 Å². The lowest BCUT2D eigenvalue weighted by molar-refractivity contribution is 0.517. The van der Waals surface area contributed by atoms with E-state index in [1.165, 1.54) is 16.9 Å². The Kier molecular flexibility index (Phi) is 3.65. The number of aromatic nitrogens is 2. The normalized spacial score (nSPS) is 17.5. The molecule has 120 valence electrons. The lowest BCUT2D eigenvalue weighted by Gasteiger charge is -2.29. The van der Waals surface area contributed by atoms with Crippen LogP contribution in [0.3, 0.4) is 0 Å². The standard InChI is InChI=1S/C18H23N5/c1-13(2)23-18-11-16(21-17(18)12-20-23)14-3-5-15(6-4-14)22-9-7-19-8-10-22/h3-6,12-13,19H,7-11H2,1-2H3. The number of hydrogen-bond acceptors (Lipinski definition) is 4. The van der Waals surface area contributed by atoms with Crippen LogP contribution in [0.2, 0.25) is 0 Å². The van der Waals surface area contributed by atoms with E-state index >= 15 is 0 Å². The summed E-state index contributed by atoms with van der Waals surface area (Å²) in [5.74, 6) is 0. The molecule has 2 aliphatic heterocycles. The van der Waals surface area contributed by atoms with E-state index in [0.717, 1.165) is 44.0 Å². The molecule has 0 atom stereocenters. The van der Waals surface area contributed by atoms with Crippen LogP contribution < -0.4 is 10.2 Å². The molecule has 0 aliphatic carbocycles. The Bertz CT molecular complexity index is 720. The Morgan fingerprint density at radius 3 is 2.52 bits per heavy atom. The quantitative estimate of drug-likeness (QED) is 0.948. The van der Waals surface area contributed by atoms with Gasteiger partial charge in [-0.05, 0) is 31.5 Å². The smallest absolute Gasteiger partial charge is 0.105 e. The van der Waals surface area contributed by atoms with E-state index in [0.29, 0.717) is 6.04 Å². The molecule has 0 saturated carbocycles. The average Bonchev–Trinajstić information content (AvgIpc) is 3.16. The molecule has 5 nitrogen and oxygen atoms in total. The summed E-state index contributed by atoms with van der Waals surface area (Å²) in [6.07, 6.45) is 2.76. The molecule has 1 saturated heterocycles. The van der Waals surface area contributed by atoms with Gasteiger partial charge in [0, 0.05) is 44.3 Å².